The van der Waals surface area contributed by atoms with Gasteiger partial charge in [0.05, 0.1) is 13.4 Å². The van der Waals surface area contributed by atoms with Crippen molar-refractivity contribution in [2.75, 3.05) is 7.11 Å². The van der Waals surface area contributed by atoms with Gasteiger partial charge in [-0.3, -0.25) is 4.79 Å². The van der Waals surface area contributed by atoms with Gasteiger partial charge in [0.2, 0.25) is 5.91 Å². The number of hydrogen-bond acceptors (Lipinski definition) is 8. The fourth-order valence-corrected chi connectivity index (χ4v) is 4.27. The molecule has 0 saturated heterocycles. The van der Waals surface area contributed by atoms with E-state index in [0.717, 1.165) is 5.56 Å². The molecule has 0 aliphatic heterocycles. The number of methoxy groups -OCH3 is 1. The first-order valence-corrected chi connectivity index (χ1v) is 13.5. The lowest BCUT2D eigenvalue weighted by atomic mass is 10.0. The van der Waals surface area contributed by atoms with Gasteiger partial charge in [-0.25, -0.2) is 19.4 Å². The Morgan fingerprint density at radius 1 is 0.767 bits per heavy atom. The molecule has 11 nitrogen and oxygen atoms in total. The molecule has 2 N–H and O–H groups in total. The van der Waals surface area contributed by atoms with E-state index in [0.29, 0.717) is 21.7 Å². The molecule has 43 heavy (non-hydrogen) atoms. The molecular weight excluding hydrogens is 552 g/mol. The maximum Gasteiger partial charge on any atom is 0.420 e. The molecule has 1 heterocycles. The normalized spacial score (nSPS) is 11.9. The molecule has 0 spiro atoms. The van der Waals surface area contributed by atoms with Gasteiger partial charge in [0, 0.05) is 24.7 Å². The van der Waals surface area contributed by atoms with Gasteiger partial charge in [-0.15, -0.1) is 0 Å². The van der Waals surface area contributed by atoms with Gasteiger partial charge >= 0.3 is 18.2 Å². The zero-order valence-corrected chi connectivity index (χ0v) is 23.6. The van der Waals surface area contributed by atoms with Crippen LogP contribution in [0.3, 0.4) is 0 Å². The van der Waals surface area contributed by atoms with Crippen LogP contribution in [0.4, 0.5) is 9.59 Å². The third-order valence-electron chi connectivity index (χ3n) is 6.47. The molecule has 0 bridgehead atoms. The molecule has 0 unspecified atom stereocenters. The molecule has 2 atom stereocenters. The number of nitrogens with one attached hydrogen (secondary N) is 2. The van der Waals surface area contributed by atoms with E-state index in [1.54, 1.807) is 72.8 Å². The number of nitrogens with zero attached hydrogens (tertiary/aromatic N) is 2. The Morgan fingerprint density at radius 3 is 1.74 bits per heavy atom. The van der Waals surface area contributed by atoms with E-state index in [2.05, 4.69) is 15.3 Å². The van der Waals surface area contributed by atoms with Gasteiger partial charge in [-0.1, -0.05) is 91.0 Å². The number of aromatic amines is 1. The topological polar surface area (TPSA) is 140 Å². The third-order valence-corrected chi connectivity index (χ3v) is 6.47. The van der Waals surface area contributed by atoms with Crippen molar-refractivity contribution in [1.29, 1.82) is 0 Å². The molecule has 4 rings (SSSR count). The first-order valence-electron chi connectivity index (χ1n) is 13.5. The number of benzene rings is 3. The number of imide groups is 1. The second kappa shape index (κ2) is 15.5. The van der Waals surface area contributed by atoms with Crippen molar-refractivity contribution in [3.05, 3.63) is 126 Å². The average molecular weight is 585 g/mol. The lowest BCUT2D eigenvalue weighted by Gasteiger charge is -2.29. The van der Waals surface area contributed by atoms with E-state index in [9.17, 15) is 19.2 Å². The molecule has 0 aliphatic carbocycles. The molecule has 0 saturated carbocycles. The lowest BCUT2D eigenvalue weighted by Crippen LogP contribution is -2.56. The minimum Gasteiger partial charge on any atom is -0.467 e. The Kier molecular flexibility index (Phi) is 11.0. The molecule has 1 aromatic heterocycles. The van der Waals surface area contributed by atoms with E-state index in [1.165, 1.54) is 19.6 Å². The second-order valence-corrected chi connectivity index (χ2v) is 9.52. The second-order valence-electron chi connectivity index (χ2n) is 9.52. The minimum atomic E-state index is -1.48. The van der Waals surface area contributed by atoms with Crippen molar-refractivity contribution < 1.29 is 33.4 Å². The number of aromatic nitrogens is 2. The van der Waals surface area contributed by atoms with Crippen molar-refractivity contribution >= 4 is 24.1 Å². The Hall–Kier alpha value is -5.45. The van der Waals surface area contributed by atoms with Gasteiger partial charge in [-0.2, -0.15) is 4.90 Å². The third kappa shape index (κ3) is 9.02. The molecule has 0 radical (unpaired) electrons. The lowest BCUT2D eigenvalue weighted by molar-refractivity contribution is -0.145. The van der Waals surface area contributed by atoms with Crippen LogP contribution in [0.15, 0.2) is 104 Å². The van der Waals surface area contributed by atoms with Crippen molar-refractivity contribution in [3.8, 4) is 0 Å². The quantitative estimate of drug-likeness (QED) is 0.187. The summed E-state index contributed by atoms with van der Waals surface area (Å²) in [4.78, 5) is 61.1. The first kappa shape index (κ1) is 30.5. The predicted octanol–water partition coefficient (Wildman–Crippen LogP) is 4.20. The van der Waals surface area contributed by atoms with Crippen LogP contribution >= 0.6 is 0 Å². The summed E-state index contributed by atoms with van der Waals surface area (Å²) in [5.41, 5.74) is 2.58. The Bertz CT molecular complexity index is 1410. The number of ether oxygens (including phenoxy) is 3. The molecular formula is C32H32N4O7. The van der Waals surface area contributed by atoms with Crippen LogP contribution < -0.4 is 5.32 Å². The van der Waals surface area contributed by atoms with Crippen LogP contribution in [-0.4, -0.2) is 58.1 Å². The highest BCUT2D eigenvalue weighted by molar-refractivity contribution is 5.96. The number of amides is 3. The van der Waals surface area contributed by atoms with Crippen LogP contribution in [0.2, 0.25) is 0 Å². The van der Waals surface area contributed by atoms with Crippen LogP contribution in [0, 0.1) is 0 Å². The van der Waals surface area contributed by atoms with Crippen LogP contribution in [0.1, 0.15) is 22.4 Å². The zero-order chi connectivity index (χ0) is 30.4. The van der Waals surface area contributed by atoms with E-state index in [4.69, 9.17) is 14.2 Å². The van der Waals surface area contributed by atoms with Crippen molar-refractivity contribution in [3.63, 3.8) is 0 Å². The van der Waals surface area contributed by atoms with Crippen LogP contribution in [0.25, 0.3) is 0 Å². The average Bonchev–Trinajstić information content (AvgIpc) is 3.56. The Labute approximate surface area is 248 Å². The highest BCUT2D eigenvalue weighted by Gasteiger charge is 2.39. The fraction of sp³-hybridized carbons (Fsp3) is 0.219. The molecule has 4 aromatic rings. The smallest absolute Gasteiger partial charge is 0.420 e. The zero-order valence-electron chi connectivity index (χ0n) is 23.6. The summed E-state index contributed by atoms with van der Waals surface area (Å²) in [7, 11) is 1.21. The molecule has 3 amide bonds. The summed E-state index contributed by atoms with van der Waals surface area (Å²) in [6.07, 6.45) is 0.630. The van der Waals surface area contributed by atoms with Gasteiger partial charge in [0.25, 0.3) is 0 Å². The Morgan fingerprint density at radius 2 is 1.28 bits per heavy atom. The van der Waals surface area contributed by atoms with E-state index < -0.39 is 36.1 Å². The minimum absolute atomic E-state index is 0.118. The number of rotatable bonds is 12. The van der Waals surface area contributed by atoms with E-state index in [1.807, 2.05) is 18.2 Å². The summed E-state index contributed by atoms with van der Waals surface area (Å²) in [6.45, 7) is -0.307. The highest BCUT2D eigenvalue weighted by atomic mass is 16.6. The van der Waals surface area contributed by atoms with E-state index >= 15 is 0 Å². The number of imidazole rings is 1. The van der Waals surface area contributed by atoms with Gasteiger partial charge in [-0.05, 0) is 16.7 Å². The first-order chi connectivity index (χ1) is 20.9. The summed E-state index contributed by atoms with van der Waals surface area (Å²) >= 11 is 0. The standard InChI is InChI=1S/C32H32N4O7/c1-41-30(38)27(17-23-11-5-2-6-12-23)35-29(37)28(18-26-19-33-22-34-26)36(31(39)42-20-24-13-7-3-8-14-24)32(40)43-21-25-15-9-4-10-16-25/h2-16,19,22,27-28H,17-18,20-21H2,1H3,(H,33,34)(H,35,37)/t27-,28+/m1/s1. The Balaban J connectivity index is 1.62. The number of carbonyl (C=O) groups excluding carboxylic acids is 4. The summed E-state index contributed by atoms with van der Waals surface area (Å²) in [5, 5.41) is 2.66. The van der Waals surface area contributed by atoms with E-state index in [-0.39, 0.29) is 26.1 Å². The summed E-state index contributed by atoms with van der Waals surface area (Å²) < 4.78 is 15.9. The van der Waals surface area contributed by atoms with Crippen LogP contribution in [-0.2, 0) is 49.9 Å². The van der Waals surface area contributed by atoms with Crippen LogP contribution in [0.5, 0.6) is 0 Å². The largest absolute Gasteiger partial charge is 0.467 e. The maximum absolute atomic E-state index is 13.9. The van der Waals surface area contributed by atoms with Gasteiger partial charge in [0.15, 0.2) is 0 Å². The fourth-order valence-electron chi connectivity index (χ4n) is 4.27. The number of hydrogen-bond donors (Lipinski definition) is 2. The number of carbonyl (C=O) groups is 4. The highest BCUT2D eigenvalue weighted by Crippen LogP contribution is 2.16. The van der Waals surface area contributed by atoms with Crippen molar-refractivity contribution in [2.24, 2.45) is 0 Å². The number of H-pyrrole nitrogens is 1. The van der Waals surface area contributed by atoms with Crippen molar-refractivity contribution in [1.82, 2.24) is 20.2 Å². The molecule has 11 heteroatoms. The molecule has 3 aromatic carbocycles. The van der Waals surface area contributed by atoms with Gasteiger partial charge < -0.3 is 24.5 Å². The van der Waals surface area contributed by atoms with Crippen molar-refractivity contribution in [2.45, 2.75) is 38.1 Å². The monoisotopic (exact) mass is 584 g/mol. The predicted molar refractivity (Wildman–Crippen MR) is 155 cm³/mol. The summed E-state index contributed by atoms with van der Waals surface area (Å²) in [5.74, 6) is -1.49. The molecule has 0 fully saturated rings. The summed E-state index contributed by atoms with van der Waals surface area (Å²) in [6, 6.07) is 24.2. The number of esters is 1. The molecule has 0 aliphatic rings. The SMILES string of the molecule is COC(=O)[C@@H](Cc1ccccc1)NC(=O)[C@H](Cc1cnc[nH]1)N(C(=O)OCc1ccccc1)C(=O)OCc1ccccc1. The van der Waals surface area contributed by atoms with Gasteiger partial charge in [0.1, 0.15) is 25.3 Å². The molecule has 222 valence electrons. The maximum atomic E-state index is 13.9.